The zero-order chi connectivity index (χ0) is 14.3. The summed E-state index contributed by atoms with van der Waals surface area (Å²) in [5.41, 5.74) is 9.08. The van der Waals surface area contributed by atoms with Crippen LogP contribution >= 0.6 is 0 Å². The molecule has 0 amide bonds. The van der Waals surface area contributed by atoms with Crippen LogP contribution in [0.3, 0.4) is 0 Å². The number of imidazole rings is 1. The Balaban J connectivity index is 1.88. The molecule has 0 radical (unpaired) electrons. The van der Waals surface area contributed by atoms with Gasteiger partial charge in [0.1, 0.15) is 5.82 Å². The van der Waals surface area contributed by atoms with Crippen LogP contribution in [-0.4, -0.2) is 20.6 Å². The molecule has 1 aromatic carbocycles. The van der Waals surface area contributed by atoms with Crippen LogP contribution in [0, 0.1) is 0 Å². The van der Waals surface area contributed by atoms with E-state index < -0.39 is 5.97 Å². The van der Waals surface area contributed by atoms with Gasteiger partial charge in [-0.2, -0.15) is 0 Å². The van der Waals surface area contributed by atoms with Gasteiger partial charge >= 0.3 is 5.97 Å². The molecule has 1 atom stereocenters. The molecule has 1 fully saturated rings. The molecule has 106 valence electrons. The van der Waals surface area contributed by atoms with Crippen molar-refractivity contribution in [3.8, 4) is 0 Å². The van der Waals surface area contributed by atoms with Gasteiger partial charge in [-0.3, -0.25) is 4.79 Å². The Morgan fingerprint density at radius 1 is 1.55 bits per heavy atom. The van der Waals surface area contributed by atoms with E-state index in [1.165, 1.54) is 12.8 Å². The van der Waals surface area contributed by atoms with E-state index in [-0.39, 0.29) is 12.5 Å². The number of benzene rings is 1. The molecule has 20 heavy (non-hydrogen) atoms. The van der Waals surface area contributed by atoms with Crippen molar-refractivity contribution in [1.29, 1.82) is 0 Å². The van der Waals surface area contributed by atoms with Gasteiger partial charge in [0.15, 0.2) is 0 Å². The minimum atomic E-state index is -0.810. The number of aliphatic carboxylic acids is 1. The van der Waals surface area contributed by atoms with E-state index in [9.17, 15) is 4.79 Å². The average Bonchev–Trinajstić information content (AvgIpc) is 3.21. The SMILES string of the molecule is Cn1c(C2CC2)nc2cc(C(N)CCC(=O)O)ccc21. The monoisotopic (exact) mass is 273 g/mol. The summed E-state index contributed by atoms with van der Waals surface area (Å²) in [5.74, 6) is 0.947. The van der Waals surface area contributed by atoms with Crippen LogP contribution < -0.4 is 5.73 Å². The van der Waals surface area contributed by atoms with Crippen molar-refractivity contribution in [3.05, 3.63) is 29.6 Å². The standard InChI is InChI=1S/C15H19N3O2/c1-18-13-6-4-10(11(16)5-7-14(19)20)8-12(13)17-15(18)9-2-3-9/h4,6,8-9,11H,2-3,5,7,16H2,1H3,(H,19,20). The molecule has 5 nitrogen and oxygen atoms in total. The number of hydrogen-bond donors (Lipinski definition) is 2. The maximum atomic E-state index is 10.6. The second-order valence-corrected chi connectivity index (χ2v) is 5.59. The van der Waals surface area contributed by atoms with E-state index in [0.717, 1.165) is 22.4 Å². The first-order valence-electron chi connectivity index (χ1n) is 7.00. The zero-order valence-corrected chi connectivity index (χ0v) is 11.5. The second-order valence-electron chi connectivity index (χ2n) is 5.59. The predicted octanol–water partition coefficient (Wildman–Crippen LogP) is 2.32. The summed E-state index contributed by atoms with van der Waals surface area (Å²) in [4.78, 5) is 15.3. The van der Waals surface area contributed by atoms with Gasteiger partial charge in [-0.1, -0.05) is 6.07 Å². The van der Waals surface area contributed by atoms with E-state index >= 15 is 0 Å². The Labute approximate surface area is 117 Å². The Morgan fingerprint density at radius 2 is 2.30 bits per heavy atom. The molecule has 0 spiro atoms. The van der Waals surface area contributed by atoms with Crippen LogP contribution in [-0.2, 0) is 11.8 Å². The highest BCUT2D eigenvalue weighted by Gasteiger charge is 2.28. The number of carboxylic acids is 1. The minimum absolute atomic E-state index is 0.0920. The summed E-state index contributed by atoms with van der Waals surface area (Å²) in [7, 11) is 2.05. The number of aryl methyl sites for hydroxylation is 1. The van der Waals surface area contributed by atoms with Crippen LogP contribution in [0.15, 0.2) is 18.2 Å². The molecule has 1 aliphatic carbocycles. The average molecular weight is 273 g/mol. The van der Waals surface area contributed by atoms with Gasteiger partial charge in [0.2, 0.25) is 0 Å². The summed E-state index contributed by atoms with van der Waals surface area (Å²) in [6, 6.07) is 5.76. The van der Waals surface area contributed by atoms with Crippen molar-refractivity contribution < 1.29 is 9.90 Å². The topological polar surface area (TPSA) is 81.1 Å². The molecule has 0 bridgehead atoms. The molecule has 1 aliphatic rings. The number of hydrogen-bond acceptors (Lipinski definition) is 3. The third kappa shape index (κ3) is 2.41. The number of aromatic nitrogens is 2. The van der Waals surface area contributed by atoms with Crippen molar-refractivity contribution in [3.63, 3.8) is 0 Å². The molecule has 5 heteroatoms. The van der Waals surface area contributed by atoms with Gasteiger partial charge in [0.25, 0.3) is 0 Å². The van der Waals surface area contributed by atoms with Crippen LogP contribution in [0.1, 0.15) is 49.0 Å². The first-order chi connectivity index (χ1) is 9.56. The van der Waals surface area contributed by atoms with Gasteiger partial charge in [0, 0.05) is 25.4 Å². The van der Waals surface area contributed by atoms with Crippen LogP contribution in [0.2, 0.25) is 0 Å². The maximum Gasteiger partial charge on any atom is 0.303 e. The Hall–Kier alpha value is -1.88. The lowest BCUT2D eigenvalue weighted by Gasteiger charge is -2.10. The van der Waals surface area contributed by atoms with Crippen molar-refractivity contribution >= 4 is 17.0 Å². The molecule has 1 heterocycles. The third-order valence-electron chi connectivity index (χ3n) is 3.98. The van der Waals surface area contributed by atoms with Crippen LogP contribution in [0.25, 0.3) is 11.0 Å². The molecular formula is C15H19N3O2. The van der Waals surface area contributed by atoms with Crippen LogP contribution in [0.4, 0.5) is 0 Å². The molecule has 1 saturated carbocycles. The van der Waals surface area contributed by atoms with Crippen LogP contribution in [0.5, 0.6) is 0 Å². The van der Waals surface area contributed by atoms with Crippen molar-refractivity contribution in [2.75, 3.05) is 0 Å². The molecule has 1 aromatic heterocycles. The number of rotatable bonds is 5. The summed E-state index contributed by atoms with van der Waals surface area (Å²) in [5, 5.41) is 8.72. The smallest absolute Gasteiger partial charge is 0.303 e. The highest BCUT2D eigenvalue weighted by molar-refractivity contribution is 5.77. The number of nitrogens with zero attached hydrogens (tertiary/aromatic N) is 2. The van der Waals surface area contributed by atoms with Crippen molar-refractivity contribution in [1.82, 2.24) is 9.55 Å². The van der Waals surface area contributed by atoms with Gasteiger partial charge in [-0.05, 0) is 37.0 Å². The lowest BCUT2D eigenvalue weighted by Crippen LogP contribution is -2.12. The lowest BCUT2D eigenvalue weighted by atomic mass is 10.0. The van der Waals surface area contributed by atoms with Gasteiger partial charge < -0.3 is 15.4 Å². The third-order valence-corrected chi connectivity index (χ3v) is 3.98. The Kier molecular flexibility index (Phi) is 3.22. The van der Waals surface area contributed by atoms with Gasteiger partial charge in [0.05, 0.1) is 11.0 Å². The molecule has 3 rings (SSSR count). The summed E-state index contributed by atoms with van der Waals surface area (Å²) in [6.45, 7) is 0. The number of nitrogens with two attached hydrogens (primary N) is 1. The normalized spacial score (nSPS) is 16.5. The fraction of sp³-hybridized carbons (Fsp3) is 0.467. The van der Waals surface area contributed by atoms with E-state index in [2.05, 4.69) is 4.57 Å². The quantitative estimate of drug-likeness (QED) is 0.876. The number of carboxylic acid groups (broad SMARTS) is 1. The van der Waals surface area contributed by atoms with Crippen molar-refractivity contribution in [2.24, 2.45) is 12.8 Å². The highest BCUT2D eigenvalue weighted by atomic mass is 16.4. The van der Waals surface area contributed by atoms with E-state index in [0.29, 0.717) is 12.3 Å². The molecule has 0 saturated heterocycles. The fourth-order valence-corrected chi connectivity index (χ4v) is 2.62. The maximum absolute atomic E-state index is 10.6. The second kappa shape index (κ2) is 4.90. The highest BCUT2D eigenvalue weighted by Crippen LogP contribution is 2.40. The summed E-state index contributed by atoms with van der Waals surface area (Å²) in [6.07, 6.45) is 2.99. The first kappa shape index (κ1) is 13.1. The van der Waals surface area contributed by atoms with E-state index in [1.807, 2.05) is 25.2 Å². The summed E-state index contributed by atoms with van der Waals surface area (Å²) >= 11 is 0. The fourth-order valence-electron chi connectivity index (χ4n) is 2.62. The molecular weight excluding hydrogens is 254 g/mol. The molecule has 2 aromatic rings. The zero-order valence-electron chi connectivity index (χ0n) is 11.5. The molecule has 0 aliphatic heterocycles. The Morgan fingerprint density at radius 3 is 2.95 bits per heavy atom. The lowest BCUT2D eigenvalue weighted by molar-refractivity contribution is -0.137. The predicted molar refractivity (Wildman–Crippen MR) is 76.5 cm³/mol. The Bertz CT molecular complexity index is 658. The summed E-state index contributed by atoms with van der Waals surface area (Å²) < 4.78 is 2.15. The molecule has 3 N–H and O–H groups in total. The number of carbonyl (C=O) groups is 1. The van der Waals surface area contributed by atoms with Gasteiger partial charge in [-0.25, -0.2) is 4.98 Å². The van der Waals surface area contributed by atoms with Gasteiger partial charge in [-0.15, -0.1) is 0 Å². The van der Waals surface area contributed by atoms with Crippen molar-refractivity contribution in [2.45, 2.75) is 37.6 Å². The first-order valence-corrected chi connectivity index (χ1v) is 7.00. The molecule has 1 unspecified atom stereocenters. The minimum Gasteiger partial charge on any atom is -0.481 e. The van der Waals surface area contributed by atoms with E-state index in [4.69, 9.17) is 15.8 Å². The van der Waals surface area contributed by atoms with E-state index in [1.54, 1.807) is 0 Å². The largest absolute Gasteiger partial charge is 0.481 e. The number of fused-ring (bicyclic) bond motifs is 1.